The van der Waals surface area contributed by atoms with Crippen molar-refractivity contribution < 1.29 is 9.90 Å². The smallest absolute Gasteiger partial charge is 0.252 e. The molecule has 2 N–H and O–H groups in total. The van der Waals surface area contributed by atoms with Gasteiger partial charge in [-0.05, 0) is 45.4 Å². The van der Waals surface area contributed by atoms with Crippen molar-refractivity contribution in [3.05, 3.63) is 41.3 Å². The minimum atomic E-state index is -0.420. The molecule has 2 rings (SSSR count). The Hall–Kier alpha value is -2.21. The first kappa shape index (κ1) is 15.2. The summed E-state index contributed by atoms with van der Waals surface area (Å²) < 4.78 is 1.74. The number of aryl methyl sites for hydroxylation is 2. The van der Waals surface area contributed by atoms with Gasteiger partial charge in [-0.2, -0.15) is 5.10 Å². The molecule has 2 heterocycles. The average Bonchev–Trinajstić information content (AvgIpc) is 2.77. The van der Waals surface area contributed by atoms with E-state index in [0.29, 0.717) is 24.3 Å². The summed E-state index contributed by atoms with van der Waals surface area (Å²) in [7, 11) is 0. The number of pyridine rings is 1. The van der Waals surface area contributed by atoms with E-state index < -0.39 is 6.10 Å². The van der Waals surface area contributed by atoms with E-state index in [-0.39, 0.29) is 5.91 Å². The Morgan fingerprint density at radius 2 is 2.19 bits per heavy atom. The standard InChI is InChI=1S/C15H20N4O2/c1-10-8-11(2)19(18-10)14-5-4-13(9-17-14)15(21)16-7-6-12(3)20/h4-5,8-9,12,20H,6-7H2,1-3H3,(H,16,21). The topological polar surface area (TPSA) is 80.0 Å². The van der Waals surface area contributed by atoms with Crippen molar-refractivity contribution in [2.75, 3.05) is 6.54 Å². The summed E-state index contributed by atoms with van der Waals surface area (Å²) in [6.45, 7) is 6.01. The van der Waals surface area contributed by atoms with E-state index in [1.54, 1.807) is 23.7 Å². The second-order valence-corrected chi connectivity index (χ2v) is 5.14. The Kier molecular flexibility index (Phi) is 4.70. The Morgan fingerprint density at radius 1 is 1.43 bits per heavy atom. The molecule has 1 unspecified atom stereocenters. The van der Waals surface area contributed by atoms with Crippen molar-refractivity contribution in [1.82, 2.24) is 20.1 Å². The van der Waals surface area contributed by atoms with E-state index in [0.717, 1.165) is 11.4 Å². The maximum absolute atomic E-state index is 11.9. The molecule has 0 saturated carbocycles. The summed E-state index contributed by atoms with van der Waals surface area (Å²) >= 11 is 0. The maximum Gasteiger partial charge on any atom is 0.252 e. The molecule has 0 fully saturated rings. The number of carbonyl (C=O) groups is 1. The van der Waals surface area contributed by atoms with Crippen LogP contribution in [-0.4, -0.2) is 38.4 Å². The van der Waals surface area contributed by atoms with E-state index in [4.69, 9.17) is 5.11 Å². The Bertz CT molecular complexity index is 617. The molecule has 0 aliphatic rings. The van der Waals surface area contributed by atoms with E-state index in [9.17, 15) is 4.79 Å². The predicted molar refractivity (Wildman–Crippen MR) is 79.5 cm³/mol. The van der Waals surface area contributed by atoms with E-state index in [2.05, 4.69) is 15.4 Å². The molecule has 1 amide bonds. The van der Waals surface area contributed by atoms with Gasteiger partial charge in [0.25, 0.3) is 5.91 Å². The van der Waals surface area contributed by atoms with Crippen molar-refractivity contribution >= 4 is 5.91 Å². The van der Waals surface area contributed by atoms with Crippen LogP contribution >= 0.6 is 0 Å². The molecule has 112 valence electrons. The van der Waals surface area contributed by atoms with Gasteiger partial charge in [0.1, 0.15) is 0 Å². The first-order chi connectivity index (χ1) is 9.97. The second-order valence-electron chi connectivity index (χ2n) is 5.14. The molecule has 0 radical (unpaired) electrons. The number of hydrogen-bond donors (Lipinski definition) is 2. The number of amides is 1. The molecule has 6 heteroatoms. The highest BCUT2D eigenvalue weighted by molar-refractivity contribution is 5.93. The van der Waals surface area contributed by atoms with Gasteiger partial charge in [-0.25, -0.2) is 9.67 Å². The SMILES string of the molecule is Cc1cc(C)n(-c2ccc(C(=O)NCCC(C)O)cn2)n1. The number of aromatic nitrogens is 3. The molecule has 0 aliphatic heterocycles. The third-order valence-electron chi connectivity index (χ3n) is 3.08. The Balaban J connectivity index is 2.05. The molecular formula is C15H20N4O2. The number of nitrogens with one attached hydrogen (secondary N) is 1. The summed E-state index contributed by atoms with van der Waals surface area (Å²) in [6.07, 6.45) is 1.64. The fourth-order valence-corrected chi connectivity index (χ4v) is 2.00. The average molecular weight is 288 g/mol. The van der Waals surface area contributed by atoms with Crippen molar-refractivity contribution in [2.24, 2.45) is 0 Å². The van der Waals surface area contributed by atoms with Crippen LogP contribution < -0.4 is 5.32 Å². The minimum Gasteiger partial charge on any atom is -0.393 e. The van der Waals surface area contributed by atoms with E-state index in [1.165, 1.54) is 6.20 Å². The van der Waals surface area contributed by atoms with Gasteiger partial charge in [0, 0.05) is 18.4 Å². The lowest BCUT2D eigenvalue weighted by molar-refractivity contribution is 0.0945. The zero-order valence-electron chi connectivity index (χ0n) is 12.5. The Morgan fingerprint density at radius 3 is 2.71 bits per heavy atom. The summed E-state index contributed by atoms with van der Waals surface area (Å²) in [5.74, 6) is 0.490. The molecule has 0 aromatic carbocycles. The predicted octanol–water partition coefficient (Wildman–Crippen LogP) is 1.38. The number of aliphatic hydroxyl groups is 1. The largest absolute Gasteiger partial charge is 0.393 e. The lowest BCUT2D eigenvalue weighted by Gasteiger charge is -2.07. The molecule has 6 nitrogen and oxygen atoms in total. The highest BCUT2D eigenvalue weighted by Crippen LogP contribution is 2.10. The number of nitrogens with zero attached hydrogens (tertiary/aromatic N) is 3. The van der Waals surface area contributed by atoms with Gasteiger partial charge in [-0.15, -0.1) is 0 Å². The van der Waals surface area contributed by atoms with E-state index in [1.807, 2.05) is 19.9 Å². The maximum atomic E-state index is 11.9. The van der Waals surface area contributed by atoms with Crippen molar-refractivity contribution in [3.8, 4) is 5.82 Å². The zero-order valence-corrected chi connectivity index (χ0v) is 12.5. The van der Waals surface area contributed by atoms with Crippen molar-refractivity contribution in [3.63, 3.8) is 0 Å². The van der Waals surface area contributed by atoms with Gasteiger partial charge in [-0.3, -0.25) is 4.79 Å². The Labute approximate surface area is 123 Å². The number of rotatable bonds is 5. The van der Waals surface area contributed by atoms with Crippen molar-refractivity contribution in [2.45, 2.75) is 33.3 Å². The molecule has 0 bridgehead atoms. The summed E-state index contributed by atoms with van der Waals surface area (Å²) in [5, 5.41) is 16.2. The van der Waals surface area contributed by atoms with Gasteiger partial charge < -0.3 is 10.4 Å². The van der Waals surface area contributed by atoms with Gasteiger partial charge in [0.05, 0.1) is 17.4 Å². The van der Waals surface area contributed by atoms with Gasteiger partial charge >= 0.3 is 0 Å². The second kappa shape index (κ2) is 6.49. The highest BCUT2D eigenvalue weighted by Gasteiger charge is 2.09. The lowest BCUT2D eigenvalue weighted by Crippen LogP contribution is -2.26. The van der Waals surface area contributed by atoms with Crippen LogP contribution in [0.1, 0.15) is 35.1 Å². The fourth-order valence-electron chi connectivity index (χ4n) is 2.00. The molecular weight excluding hydrogens is 268 g/mol. The van der Waals surface area contributed by atoms with Crippen LogP contribution in [-0.2, 0) is 0 Å². The lowest BCUT2D eigenvalue weighted by atomic mass is 10.2. The highest BCUT2D eigenvalue weighted by atomic mass is 16.3. The molecule has 21 heavy (non-hydrogen) atoms. The van der Waals surface area contributed by atoms with Gasteiger partial charge in [-0.1, -0.05) is 0 Å². The zero-order chi connectivity index (χ0) is 15.4. The molecule has 0 saturated heterocycles. The monoisotopic (exact) mass is 288 g/mol. The third kappa shape index (κ3) is 3.88. The van der Waals surface area contributed by atoms with E-state index >= 15 is 0 Å². The van der Waals surface area contributed by atoms with Crippen LogP contribution in [0.15, 0.2) is 24.4 Å². The van der Waals surface area contributed by atoms with Crippen LogP contribution in [0, 0.1) is 13.8 Å². The van der Waals surface area contributed by atoms with Crippen LogP contribution in [0.25, 0.3) is 5.82 Å². The van der Waals surface area contributed by atoms with Crippen molar-refractivity contribution in [1.29, 1.82) is 0 Å². The van der Waals surface area contributed by atoms with Crippen LogP contribution in [0.5, 0.6) is 0 Å². The summed E-state index contributed by atoms with van der Waals surface area (Å²) in [6, 6.07) is 5.46. The normalized spacial score (nSPS) is 12.2. The fraction of sp³-hybridized carbons (Fsp3) is 0.400. The third-order valence-corrected chi connectivity index (χ3v) is 3.08. The molecule has 0 spiro atoms. The summed E-state index contributed by atoms with van der Waals surface area (Å²) in [5.41, 5.74) is 2.41. The molecule has 0 aliphatic carbocycles. The number of carbonyl (C=O) groups excluding carboxylic acids is 1. The number of aliphatic hydroxyl groups excluding tert-OH is 1. The van der Waals surface area contributed by atoms with Crippen LogP contribution in [0.3, 0.4) is 0 Å². The first-order valence-corrected chi connectivity index (χ1v) is 6.93. The summed E-state index contributed by atoms with van der Waals surface area (Å²) in [4.78, 5) is 16.2. The molecule has 1 atom stereocenters. The van der Waals surface area contributed by atoms with Crippen LogP contribution in [0.2, 0.25) is 0 Å². The molecule has 2 aromatic rings. The van der Waals surface area contributed by atoms with Gasteiger partial charge in [0.2, 0.25) is 0 Å². The van der Waals surface area contributed by atoms with Crippen LogP contribution in [0.4, 0.5) is 0 Å². The quantitative estimate of drug-likeness (QED) is 0.871. The minimum absolute atomic E-state index is 0.192. The molecule has 2 aromatic heterocycles. The number of hydrogen-bond acceptors (Lipinski definition) is 4. The first-order valence-electron chi connectivity index (χ1n) is 6.93. The van der Waals surface area contributed by atoms with Gasteiger partial charge in [0.15, 0.2) is 5.82 Å².